The van der Waals surface area contributed by atoms with Crippen LogP contribution in [0.25, 0.3) is 0 Å². The van der Waals surface area contributed by atoms with Gasteiger partial charge < -0.3 is 14.8 Å². The monoisotopic (exact) mass is 425 g/mol. The summed E-state index contributed by atoms with van der Waals surface area (Å²) >= 11 is 6.76. The average Bonchev–Trinajstić information content (AvgIpc) is 3.11. The molecule has 0 aromatic heterocycles. The second-order valence-electron chi connectivity index (χ2n) is 7.50. The third kappa shape index (κ3) is 2.52. The van der Waals surface area contributed by atoms with Crippen molar-refractivity contribution < 1.29 is 14.3 Å². The molecule has 6 rings (SSSR count). The molecule has 4 nitrogen and oxygen atoms in total. The van der Waals surface area contributed by atoms with Gasteiger partial charge in [0.15, 0.2) is 5.60 Å². The van der Waals surface area contributed by atoms with Gasteiger partial charge in [-0.25, -0.2) is 4.79 Å². The molecule has 0 unspecified atom stereocenters. The number of ether oxygens (including phenoxy) is 2. The largest absolute Gasteiger partial charge is 0.456 e. The Bertz CT molecular complexity index is 1300. The highest BCUT2D eigenvalue weighted by Crippen LogP contribution is 2.58. The highest BCUT2D eigenvalue weighted by molar-refractivity contribution is 6.32. The van der Waals surface area contributed by atoms with Crippen molar-refractivity contribution in [3.8, 4) is 11.5 Å². The van der Waals surface area contributed by atoms with Gasteiger partial charge in [0, 0.05) is 27.4 Å². The van der Waals surface area contributed by atoms with Gasteiger partial charge >= 0.3 is 5.97 Å². The van der Waals surface area contributed by atoms with Crippen LogP contribution in [0.4, 0.5) is 11.4 Å². The number of halogens is 1. The minimum absolute atomic E-state index is 0.428. The zero-order chi connectivity index (χ0) is 21.0. The van der Waals surface area contributed by atoms with E-state index in [0.717, 1.165) is 16.8 Å². The molecule has 0 saturated heterocycles. The van der Waals surface area contributed by atoms with Gasteiger partial charge in [0.05, 0.1) is 11.3 Å². The minimum atomic E-state index is -1.18. The Hall–Kier alpha value is -3.76. The molecule has 150 valence electrons. The smallest absolute Gasteiger partial charge is 0.342 e. The number of hydrogen-bond acceptors (Lipinski definition) is 4. The summed E-state index contributed by atoms with van der Waals surface area (Å²) in [7, 11) is 0. The molecule has 5 heteroatoms. The minimum Gasteiger partial charge on any atom is -0.456 e. The lowest BCUT2D eigenvalue weighted by molar-refractivity contribution is 0.0225. The summed E-state index contributed by atoms with van der Waals surface area (Å²) in [4.78, 5) is 13.4. The lowest BCUT2D eigenvalue weighted by atomic mass is 9.77. The third-order valence-electron chi connectivity index (χ3n) is 5.76. The number of nitrogens with one attached hydrogen (secondary N) is 1. The van der Waals surface area contributed by atoms with Gasteiger partial charge in [-0.3, -0.25) is 0 Å². The molecule has 0 fully saturated rings. The SMILES string of the molecule is O=C1OC2(c3ccccc3Oc3ccccc32)c2c(Cl)ccc(Nc3ccccc3)c21. The Morgan fingerprint density at radius 3 is 2.03 bits per heavy atom. The van der Waals surface area contributed by atoms with E-state index in [0.29, 0.717) is 33.3 Å². The van der Waals surface area contributed by atoms with Crippen molar-refractivity contribution in [3.05, 3.63) is 118 Å². The van der Waals surface area contributed by atoms with Gasteiger partial charge in [-0.15, -0.1) is 0 Å². The van der Waals surface area contributed by atoms with E-state index in [4.69, 9.17) is 21.1 Å². The lowest BCUT2D eigenvalue weighted by Gasteiger charge is -2.36. The predicted molar refractivity (Wildman–Crippen MR) is 119 cm³/mol. The van der Waals surface area contributed by atoms with Crippen molar-refractivity contribution in [3.63, 3.8) is 0 Å². The van der Waals surface area contributed by atoms with Crippen molar-refractivity contribution >= 4 is 28.9 Å². The summed E-state index contributed by atoms with van der Waals surface area (Å²) in [6.45, 7) is 0. The summed E-state index contributed by atoms with van der Waals surface area (Å²) in [6, 6.07) is 28.5. The maximum Gasteiger partial charge on any atom is 0.342 e. The van der Waals surface area contributed by atoms with Gasteiger partial charge in [0.1, 0.15) is 11.5 Å². The Morgan fingerprint density at radius 2 is 1.35 bits per heavy atom. The molecule has 2 aliphatic rings. The molecule has 4 aromatic carbocycles. The van der Waals surface area contributed by atoms with E-state index >= 15 is 0 Å². The number of rotatable bonds is 2. The van der Waals surface area contributed by atoms with Crippen LogP contribution in [0, 0.1) is 0 Å². The van der Waals surface area contributed by atoms with Crippen molar-refractivity contribution in [2.45, 2.75) is 5.60 Å². The first-order valence-electron chi connectivity index (χ1n) is 9.94. The van der Waals surface area contributed by atoms with Gasteiger partial charge in [0.2, 0.25) is 0 Å². The number of carbonyl (C=O) groups excluding carboxylic acids is 1. The normalized spacial score (nSPS) is 14.8. The van der Waals surface area contributed by atoms with E-state index in [9.17, 15) is 4.79 Å². The molecular weight excluding hydrogens is 410 g/mol. The Kier molecular flexibility index (Phi) is 3.86. The lowest BCUT2D eigenvalue weighted by Crippen LogP contribution is -2.33. The van der Waals surface area contributed by atoms with Crippen LogP contribution in [0.1, 0.15) is 27.0 Å². The van der Waals surface area contributed by atoms with Crippen molar-refractivity contribution in [2.24, 2.45) is 0 Å². The summed E-state index contributed by atoms with van der Waals surface area (Å²) < 4.78 is 12.4. The number of esters is 1. The summed E-state index contributed by atoms with van der Waals surface area (Å²) in [5.41, 5.74) is 2.90. The number of anilines is 2. The first-order valence-corrected chi connectivity index (χ1v) is 10.3. The molecule has 0 saturated carbocycles. The van der Waals surface area contributed by atoms with E-state index in [2.05, 4.69) is 5.32 Å². The predicted octanol–water partition coefficient (Wildman–Crippen LogP) is 6.65. The third-order valence-corrected chi connectivity index (χ3v) is 6.08. The van der Waals surface area contributed by atoms with E-state index in [1.54, 1.807) is 6.07 Å². The van der Waals surface area contributed by atoms with Crippen molar-refractivity contribution in [1.82, 2.24) is 0 Å². The average molecular weight is 426 g/mol. The van der Waals surface area contributed by atoms with Gasteiger partial charge in [0.25, 0.3) is 0 Å². The number of carbonyl (C=O) groups is 1. The van der Waals surface area contributed by atoms with Crippen molar-refractivity contribution in [1.29, 1.82) is 0 Å². The number of hydrogen-bond donors (Lipinski definition) is 1. The zero-order valence-corrected chi connectivity index (χ0v) is 17.0. The Balaban J connectivity index is 1.65. The molecule has 1 N–H and O–H groups in total. The molecule has 2 aliphatic heterocycles. The van der Waals surface area contributed by atoms with Gasteiger partial charge in [-0.1, -0.05) is 66.2 Å². The molecule has 0 radical (unpaired) electrons. The number of benzene rings is 4. The van der Waals surface area contributed by atoms with E-state index < -0.39 is 11.6 Å². The summed E-state index contributed by atoms with van der Waals surface area (Å²) in [5.74, 6) is 0.848. The fourth-order valence-corrected chi connectivity index (χ4v) is 4.78. The van der Waals surface area contributed by atoms with Crippen LogP contribution in [-0.2, 0) is 10.3 Å². The quantitative estimate of drug-likeness (QED) is 0.365. The molecular formula is C26H16ClNO3. The molecule has 31 heavy (non-hydrogen) atoms. The van der Waals surface area contributed by atoms with Crippen LogP contribution in [0.5, 0.6) is 11.5 Å². The topological polar surface area (TPSA) is 47.6 Å². The van der Waals surface area contributed by atoms with Crippen LogP contribution in [0.3, 0.4) is 0 Å². The molecule has 1 spiro atoms. The molecule has 4 aromatic rings. The second-order valence-corrected chi connectivity index (χ2v) is 7.91. The maximum absolute atomic E-state index is 13.4. The molecule has 0 atom stereocenters. The highest BCUT2D eigenvalue weighted by Gasteiger charge is 2.55. The Morgan fingerprint density at radius 1 is 0.742 bits per heavy atom. The molecule has 0 aliphatic carbocycles. The van der Waals surface area contributed by atoms with E-state index in [1.807, 2.05) is 84.9 Å². The van der Waals surface area contributed by atoms with Crippen LogP contribution in [0.2, 0.25) is 5.02 Å². The first kappa shape index (κ1) is 18.0. The second kappa shape index (κ2) is 6.62. The number of para-hydroxylation sites is 3. The van der Waals surface area contributed by atoms with Crippen LogP contribution >= 0.6 is 11.6 Å². The van der Waals surface area contributed by atoms with Gasteiger partial charge in [-0.05, 0) is 36.4 Å². The van der Waals surface area contributed by atoms with Crippen LogP contribution in [0.15, 0.2) is 91.0 Å². The zero-order valence-electron chi connectivity index (χ0n) is 16.3. The molecule has 0 bridgehead atoms. The van der Waals surface area contributed by atoms with Crippen LogP contribution < -0.4 is 10.1 Å². The summed E-state index contributed by atoms with van der Waals surface area (Å²) in [5, 5.41) is 3.80. The van der Waals surface area contributed by atoms with Crippen LogP contribution in [-0.4, -0.2) is 5.97 Å². The number of fused-ring (bicyclic) bond motifs is 6. The van der Waals surface area contributed by atoms with Crippen molar-refractivity contribution in [2.75, 3.05) is 5.32 Å². The standard InChI is InChI=1S/C26H16ClNO3/c27-19-14-15-20(28-16-8-2-1-3-9-16)23-24(19)26(31-25(23)29)17-10-4-6-12-21(17)30-22-13-7-5-11-18(22)26/h1-15,28H. The van der Waals surface area contributed by atoms with Gasteiger partial charge in [-0.2, -0.15) is 0 Å². The first-order chi connectivity index (χ1) is 15.2. The highest BCUT2D eigenvalue weighted by atomic mass is 35.5. The Labute approximate surface area is 184 Å². The fraction of sp³-hybridized carbons (Fsp3) is 0.0385. The van der Waals surface area contributed by atoms with E-state index in [-0.39, 0.29) is 0 Å². The fourth-order valence-electron chi connectivity index (χ4n) is 4.49. The summed E-state index contributed by atoms with van der Waals surface area (Å²) in [6.07, 6.45) is 0. The molecule has 0 amide bonds. The maximum atomic E-state index is 13.4. The molecule has 2 heterocycles. The van der Waals surface area contributed by atoms with E-state index in [1.165, 1.54) is 0 Å².